The fourth-order valence-corrected chi connectivity index (χ4v) is 4.48. The van der Waals surface area contributed by atoms with Crippen molar-refractivity contribution in [3.8, 4) is 0 Å². The van der Waals surface area contributed by atoms with E-state index < -0.39 is 5.60 Å². The highest BCUT2D eigenvalue weighted by Crippen LogP contribution is 2.34. The van der Waals surface area contributed by atoms with E-state index >= 15 is 0 Å². The molecule has 2 amide bonds. The molecule has 0 saturated heterocycles. The van der Waals surface area contributed by atoms with E-state index in [2.05, 4.69) is 20.9 Å². The van der Waals surface area contributed by atoms with Gasteiger partial charge in [-0.3, -0.25) is 4.79 Å². The first-order chi connectivity index (χ1) is 13.7. The van der Waals surface area contributed by atoms with Crippen LogP contribution in [-0.2, 0) is 31.2 Å². The highest BCUT2D eigenvalue weighted by Gasteiger charge is 2.33. The third kappa shape index (κ3) is 3.66. The molecule has 0 aliphatic carbocycles. The van der Waals surface area contributed by atoms with Gasteiger partial charge in [0.25, 0.3) is 5.91 Å². The van der Waals surface area contributed by atoms with Crippen LogP contribution in [0.25, 0.3) is 0 Å². The van der Waals surface area contributed by atoms with Gasteiger partial charge in [-0.2, -0.15) is 0 Å². The van der Waals surface area contributed by atoms with Gasteiger partial charge in [-0.25, -0.2) is 9.78 Å². The predicted molar refractivity (Wildman–Crippen MR) is 113 cm³/mol. The Balaban J connectivity index is 1.58. The first-order valence-electron chi connectivity index (χ1n) is 9.77. The van der Waals surface area contributed by atoms with E-state index in [0.29, 0.717) is 31.9 Å². The lowest BCUT2D eigenvalue weighted by Gasteiger charge is -2.29. The number of aromatic nitrogens is 2. The van der Waals surface area contributed by atoms with Crippen LogP contribution in [0.1, 0.15) is 48.3 Å². The van der Waals surface area contributed by atoms with Crippen molar-refractivity contribution in [3.63, 3.8) is 0 Å². The molecule has 0 saturated carbocycles. The van der Waals surface area contributed by atoms with Crippen molar-refractivity contribution < 1.29 is 14.3 Å². The Labute approximate surface area is 178 Å². The lowest BCUT2D eigenvalue weighted by molar-refractivity contribution is 0.0220. The summed E-state index contributed by atoms with van der Waals surface area (Å²) in [5.74, 6) is 0.302. The Kier molecular flexibility index (Phi) is 4.93. The summed E-state index contributed by atoms with van der Waals surface area (Å²) in [7, 11) is 1.88. The van der Waals surface area contributed by atoms with Gasteiger partial charge in [0.05, 0.1) is 12.2 Å². The number of imidazole rings is 1. The third-order valence-corrected chi connectivity index (χ3v) is 6.06. The Hall–Kier alpha value is -2.35. The number of rotatable bonds is 1. The molecule has 1 aromatic carbocycles. The van der Waals surface area contributed by atoms with Crippen molar-refractivity contribution in [2.45, 2.75) is 45.8 Å². The van der Waals surface area contributed by atoms with Gasteiger partial charge >= 0.3 is 6.09 Å². The van der Waals surface area contributed by atoms with Gasteiger partial charge in [-0.1, -0.05) is 22.0 Å². The van der Waals surface area contributed by atoms with Gasteiger partial charge in [0.15, 0.2) is 5.82 Å². The van der Waals surface area contributed by atoms with E-state index in [0.717, 1.165) is 33.5 Å². The van der Waals surface area contributed by atoms with Gasteiger partial charge in [-0.15, -0.1) is 0 Å². The number of hydrogen-bond donors (Lipinski definition) is 0. The highest BCUT2D eigenvalue weighted by atomic mass is 79.9. The second-order valence-corrected chi connectivity index (χ2v) is 9.34. The minimum atomic E-state index is -0.542. The van der Waals surface area contributed by atoms with Crippen LogP contribution < -0.4 is 4.90 Å². The third-order valence-electron chi connectivity index (χ3n) is 5.31. The Morgan fingerprint density at radius 3 is 2.66 bits per heavy atom. The van der Waals surface area contributed by atoms with Crippen molar-refractivity contribution in [2.75, 3.05) is 18.0 Å². The van der Waals surface area contributed by atoms with Crippen LogP contribution in [0, 0.1) is 0 Å². The monoisotopic (exact) mass is 460 g/mol. The minimum Gasteiger partial charge on any atom is -0.444 e. The average molecular weight is 461 g/mol. The number of ether oxygens (including phenoxy) is 1. The molecule has 0 radical (unpaired) electrons. The number of amides is 2. The van der Waals surface area contributed by atoms with Crippen molar-refractivity contribution in [1.29, 1.82) is 0 Å². The fourth-order valence-electron chi connectivity index (χ4n) is 3.93. The smallest absolute Gasteiger partial charge is 0.410 e. The SMILES string of the molecule is Cn1c(C(=O)N2CCc3c(Br)cccc32)nc2c1CCN(C(=O)OC(C)(C)C)C2. The number of fused-ring (bicyclic) bond motifs is 2. The van der Waals surface area contributed by atoms with Gasteiger partial charge in [0.1, 0.15) is 5.60 Å². The second kappa shape index (κ2) is 7.16. The first kappa shape index (κ1) is 19.9. The van der Waals surface area contributed by atoms with Crippen molar-refractivity contribution in [1.82, 2.24) is 14.5 Å². The summed E-state index contributed by atoms with van der Waals surface area (Å²) in [5, 5.41) is 0. The lowest BCUT2D eigenvalue weighted by Crippen LogP contribution is -2.40. The molecule has 0 spiro atoms. The average Bonchev–Trinajstić information content (AvgIpc) is 3.22. The number of hydrogen-bond acceptors (Lipinski definition) is 4. The van der Waals surface area contributed by atoms with Gasteiger partial charge in [-0.05, 0) is 44.9 Å². The van der Waals surface area contributed by atoms with Gasteiger partial charge < -0.3 is 19.1 Å². The largest absolute Gasteiger partial charge is 0.444 e. The number of carbonyl (C=O) groups is 2. The minimum absolute atomic E-state index is 0.109. The zero-order valence-corrected chi connectivity index (χ0v) is 18.7. The summed E-state index contributed by atoms with van der Waals surface area (Å²) in [4.78, 5) is 33.8. The Morgan fingerprint density at radius 1 is 1.17 bits per heavy atom. The highest BCUT2D eigenvalue weighted by molar-refractivity contribution is 9.10. The Bertz CT molecular complexity index is 993. The van der Waals surface area contributed by atoms with E-state index in [1.807, 2.05) is 50.6 Å². The van der Waals surface area contributed by atoms with Crippen molar-refractivity contribution >= 4 is 33.6 Å². The maximum Gasteiger partial charge on any atom is 0.410 e. The van der Waals surface area contributed by atoms with E-state index in [9.17, 15) is 9.59 Å². The molecule has 29 heavy (non-hydrogen) atoms. The molecule has 0 N–H and O–H groups in total. The van der Waals surface area contributed by atoms with E-state index in [-0.39, 0.29) is 12.0 Å². The molecule has 7 nitrogen and oxygen atoms in total. The topological polar surface area (TPSA) is 67.7 Å². The molecule has 0 bridgehead atoms. The maximum atomic E-state index is 13.3. The van der Waals surface area contributed by atoms with Gasteiger partial charge in [0, 0.05) is 42.4 Å². The summed E-state index contributed by atoms with van der Waals surface area (Å²) in [6.07, 6.45) is 1.12. The van der Waals surface area contributed by atoms with Crippen LogP contribution in [0.15, 0.2) is 22.7 Å². The molecule has 2 aliphatic rings. The standard InChI is InChI=1S/C21H25BrN4O3/c1-21(2,3)29-20(28)25-10-9-17-15(12-25)23-18(24(17)4)19(27)26-11-8-13-14(22)6-5-7-16(13)26/h5-7H,8-12H2,1-4H3. The molecule has 0 unspecified atom stereocenters. The Morgan fingerprint density at radius 2 is 1.93 bits per heavy atom. The molecule has 4 rings (SSSR count). The van der Waals surface area contributed by atoms with Crippen LogP contribution in [0.4, 0.5) is 10.5 Å². The van der Waals surface area contributed by atoms with Crippen LogP contribution in [0.2, 0.25) is 0 Å². The van der Waals surface area contributed by atoms with Crippen molar-refractivity contribution in [3.05, 3.63) is 45.4 Å². The number of nitrogens with zero attached hydrogens (tertiary/aromatic N) is 4. The summed E-state index contributed by atoms with van der Waals surface area (Å²) >= 11 is 3.57. The lowest BCUT2D eigenvalue weighted by atomic mass is 10.1. The summed E-state index contributed by atoms with van der Waals surface area (Å²) in [5.41, 5.74) is 3.31. The van der Waals surface area contributed by atoms with Crippen LogP contribution in [-0.4, -0.2) is 45.1 Å². The van der Waals surface area contributed by atoms with E-state index in [1.54, 1.807) is 9.80 Å². The number of halogens is 1. The van der Waals surface area contributed by atoms with Crippen molar-refractivity contribution in [2.24, 2.45) is 7.05 Å². The molecule has 3 heterocycles. The molecule has 2 aliphatic heterocycles. The second-order valence-electron chi connectivity index (χ2n) is 8.48. The van der Waals surface area contributed by atoms with Crippen LogP contribution in [0.5, 0.6) is 0 Å². The molecule has 2 aromatic rings. The molecule has 0 atom stereocenters. The number of carbonyl (C=O) groups excluding carboxylic acids is 2. The molecular weight excluding hydrogens is 436 g/mol. The normalized spacial score (nSPS) is 15.9. The van der Waals surface area contributed by atoms with Gasteiger partial charge in [0.2, 0.25) is 0 Å². The maximum absolute atomic E-state index is 13.3. The molecule has 154 valence electrons. The molecule has 8 heteroatoms. The predicted octanol–water partition coefficient (Wildman–Crippen LogP) is 3.68. The summed E-state index contributed by atoms with van der Waals surface area (Å²) < 4.78 is 8.38. The van der Waals surface area contributed by atoms with Crippen LogP contribution >= 0.6 is 15.9 Å². The molecule has 0 fully saturated rings. The molecule has 1 aromatic heterocycles. The van der Waals surface area contributed by atoms with Crippen LogP contribution in [0.3, 0.4) is 0 Å². The zero-order valence-electron chi connectivity index (χ0n) is 17.2. The number of anilines is 1. The first-order valence-corrected chi connectivity index (χ1v) is 10.6. The summed E-state index contributed by atoms with van der Waals surface area (Å²) in [6, 6.07) is 5.91. The quantitative estimate of drug-likeness (QED) is 0.650. The zero-order chi connectivity index (χ0) is 20.9. The van der Waals surface area contributed by atoms with E-state index in [1.165, 1.54) is 0 Å². The number of benzene rings is 1. The summed E-state index contributed by atoms with van der Waals surface area (Å²) in [6.45, 7) is 7.10. The molecular formula is C21H25BrN4O3. The fraction of sp³-hybridized carbons (Fsp3) is 0.476. The van der Waals surface area contributed by atoms with E-state index in [4.69, 9.17) is 4.74 Å².